The lowest BCUT2D eigenvalue weighted by Crippen LogP contribution is -2.41. The molecule has 0 aromatic heterocycles. The summed E-state index contributed by atoms with van der Waals surface area (Å²) in [7, 11) is 1.28. The summed E-state index contributed by atoms with van der Waals surface area (Å²) in [6, 6.07) is 6.62. The molecule has 1 fully saturated rings. The van der Waals surface area contributed by atoms with E-state index in [0.29, 0.717) is 17.7 Å². The fraction of sp³-hybridized carbons (Fsp3) is 0.308. The molecule has 0 radical (unpaired) electrons. The summed E-state index contributed by atoms with van der Waals surface area (Å²) >= 11 is 0. The molecule has 1 saturated heterocycles. The molecule has 2 aliphatic heterocycles. The van der Waals surface area contributed by atoms with Gasteiger partial charge in [0.1, 0.15) is 5.54 Å². The molecule has 6 heteroatoms. The topological polar surface area (TPSA) is 66.7 Å². The van der Waals surface area contributed by atoms with Crippen LogP contribution in [0.25, 0.3) is 0 Å². The van der Waals surface area contributed by atoms with Crippen molar-refractivity contribution in [3.8, 4) is 0 Å². The van der Waals surface area contributed by atoms with Crippen molar-refractivity contribution in [2.45, 2.75) is 12.5 Å². The number of fused-ring (bicyclic) bond motifs is 1. The van der Waals surface area contributed by atoms with Gasteiger partial charge in [-0.2, -0.15) is 5.01 Å². The lowest BCUT2D eigenvalue weighted by atomic mass is 10.1. The van der Waals surface area contributed by atoms with Crippen LogP contribution >= 0.6 is 0 Å². The molecule has 2 heterocycles. The van der Waals surface area contributed by atoms with E-state index in [1.54, 1.807) is 31.2 Å². The minimum absolute atomic E-state index is 0.297. The van der Waals surface area contributed by atoms with Gasteiger partial charge in [0, 0.05) is 0 Å². The first-order chi connectivity index (χ1) is 9.00. The van der Waals surface area contributed by atoms with Gasteiger partial charge in [-0.1, -0.05) is 12.1 Å². The molecule has 0 aliphatic carbocycles. The maximum Gasteiger partial charge on any atom is 0.329 e. The van der Waals surface area contributed by atoms with Crippen LogP contribution in [-0.4, -0.2) is 47.0 Å². The van der Waals surface area contributed by atoms with Crippen molar-refractivity contribution in [2.24, 2.45) is 0 Å². The molecule has 19 heavy (non-hydrogen) atoms. The van der Waals surface area contributed by atoms with Crippen molar-refractivity contribution in [2.75, 3.05) is 13.7 Å². The molecule has 98 valence electrons. The molecule has 2 unspecified atom stereocenters. The number of carbonyl (C=O) groups is 3. The van der Waals surface area contributed by atoms with E-state index < -0.39 is 23.3 Å². The molecule has 2 aliphatic rings. The van der Waals surface area contributed by atoms with Crippen molar-refractivity contribution in [3.05, 3.63) is 35.4 Å². The number of rotatable bonds is 2. The van der Waals surface area contributed by atoms with Crippen LogP contribution in [0.2, 0.25) is 0 Å². The molecule has 1 aromatic carbocycles. The second kappa shape index (κ2) is 3.64. The van der Waals surface area contributed by atoms with E-state index in [2.05, 4.69) is 4.74 Å². The molecule has 0 saturated carbocycles. The van der Waals surface area contributed by atoms with Crippen LogP contribution in [0.15, 0.2) is 24.3 Å². The molecule has 6 nitrogen and oxygen atoms in total. The maximum atomic E-state index is 12.2. The summed E-state index contributed by atoms with van der Waals surface area (Å²) in [5.74, 6) is -1.24. The lowest BCUT2D eigenvalue weighted by molar-refractivity contribution is -0.145. The zero-order valence-corrected chi connectivity index (χ0v) is 10.5. The van der Waals surface area contributed by atoms with E-state index in [0.717, 1.165) is 5.01 Å². The number of amides is 2. The van der Waals surface area contributed by atoms with E-state index in [9.17, 15) is 14.4 Å². The summed E-state index contributed by atoms with van der Waals surface area (Å²) < 4.78 is 4.68. The molecular weight excluding hydrogens is 248 g/mol. The molecule has 0 spiro atoms. The van der Waals surface area contributed by atoms with Gasteiger partial charge in [0.15, 0.2) is 0 Å². The predicted molar refractivity (Wildman–Crippen MR) is 64.1 cm³/mol. The Bertz CT molecular complexity index is 577. The molecular formula is C13H12N2O4. The van der Waals surface area contributed by atoms with Crippen LogP contribution in [0, 0.1) is 0 Å². The quantitative estimate of drug-likeness (QED) is 0.438. The predicted octanol–water partition coefficient (Wildman–Crippen LogP) is 0.445. The first kappa shape index (κ1) is 11.9. The second-order valence-corrected chi connectivity index (χ2v) is 4.79. The van der Waals surface area contributed by atoms with Crippen LogP contribution in [0.5, 0.6) is 0 Å². The third-order valence-electron chi connectivity index (χ3n) is 3.56. The van der Waals surface area contributed by atoms with Crippen LogP contribution in [-0.2, 0) is 9.53 Å². The lowest BCUT2D eigenvalue weighted by Gasteiger charge is -2.18. The van der Waals surface area contributed by atoms with Crippen LogP contribution in [0.3, 0.4) is 0 Å². The smallest absolute Gasteiger partial charge is 0.329 e. The van der Waals surface area contributed by atoms with Crippen molar-refractivity contribution in [3.63, 3.8) is 0 Å². The van der Waals surface area contributed by atoms with Gasteiger partial charge in [-0.05, 0) is 19.1 Å². The van der Waals surface area contributed by atoms with Gasteiger partial charge in [0.2, 0.25) is 0 Å². The zero-order chi connectivity index (χ0) is 13.8. The summed E-state index contributed by atoms with van der Waals surface area (Å²) in [5, 5.41) is 2.46. The summed E-state index contributed by atoms with van der Waals surface area (Å²) in [6.07, 6.45) is 0. The van der Waals surface area contributed by atoms with Gasteiger partial charge in [0.25, 0.3) is 11.8 Å². The van der Waals surface area contributed by atoms with Crippen LogP contribution in [0.4, 0.5) is 0 Å². The first-order valence-corrected chi connectivity index (χ1v) is 5.84. The van der Waals surface area contributed by atoms with Crippen molar-refractivity contribution < 1.29 is 19.1 Å². The van der Waals surface area contributed by atoms with Crippen molar-refractivity contribution >= 4 is 17.8 Å². The Kier molecular flexibility index (Phi) is 2.27. The van der Waals surface area contributed by atoms with E-state index >= 15 is 0 Å². The highest BCUT2D eigenvalue weighted by Gasteiger charge is 2.62. The molecule has 1 aromatic rings. The third kappa shape index (κ3) is 1.43. The first-order valence-electron chi connectivity index (χ1n) is 5.84. The van der Waals surface area contributed by atoms with E-state index in [4.69, 9.17) is 0 Å². The van der Waals surface area contributed by atoms with Crippen molar-refractivity contribution in [1.29, 1.82) is 0 Å². The standard InChI is InChI=1S/C13H12N2O4/c1-13(12(18)19-2)7-14(13)15-10(16)8-5-3-4-6-9(8)11(15)17/h3-6H,7H2,1-2H3. The Balaban J connectivity index is 1.93. The van der Waals surface area contributed by atoms with E-state index in [1.807, 2.05) is 0 Å². The molecule has 0 bridgehead atoms. The summed E-state index contributed by atoms with van der Waals surface area (Å²) in [6.45, 7) is 1.94. The number of hydrogen-bond acceptors (Lipinski definition) is 5. The maximum absolute atomic E-state index is 12.2. The Labute approximate surface area is 109 Å². The number of hydrazine groups is 1. The van der Waals surface area contributed by atoms with Gasteiger partial charge >= 0.3 is 5.97 Å². The fourth-order valence-electron chi connectivity index (χ4n) is 2.33. The van der Waals surface area contributed by atoms with Gasteiger partial charge < -0.3 is 4.74 Å². The second-order valence-electron chi connectivity index (χ2n) is 4.79. The number of hydrogen-bond donors (Lipinski definition) is 0. The van der Waals surface area contributed by atoms with Gasteiger partial charge in [-0.15, -0.1) is 0 Å². The number of esters is 1. The number of imide groups is 1. The number of ether oxygens (including phenoxy) is 1. The SMILES string of the molecule is COC(=O)C1(C)CN1N1C(=O)c2ccccc2C1=O. The van der Waals surface area contributed by atoms with E-state index in [-0.39, 0.29) is 0 Å². The Hall–Kier alpha value is -2.21. The number of carbonyl (C=O) groups excluding carboxylic acids is 3. The Morgan fingerprint density at radius 1 is 1.21 bits per heavy atom. The minimum Gasteiger partial charge on any atom is -0.468 e. The highest BCUT2D eigenvalue weighted by Crippen LogP contribution is 2.38. The largest absolute Gasteiger partial charge is 0.468 e. The average molecular weight is 260 g/mol. The average Bonchev–Trinajstić information content (AvgIpc) is 3.03. The highest BCUT2D eigenvalue weighted by molar-refractivity contribution is 6.21. The Morgan fingerprint density at radius 2 is 1.74 bits per heavy atom. The van der Waals surface area contributed by atoms with Crippen LogP contribution < -0.4 is 0 Å². The third-order valence-corrected chi connectivity index (χ3v) is 3.56. The Morgan fingerprint density at radius 3 is 2.21 bits per heavy atom. The monoisotopic (exact) mass is 260 g/mol. The number of nitrogens with zero attached hydrogens (tertiary/aromatic N) is 2. The van der Waals surface area contributed by atoms with Crippen LogP contribution in [0.1, 0.15) is 27.6 Å². The highest BCUT2D eigenvalue weighted by atomic mass is 16.5. The molecule has 2 atom stereocenters. The number of benzene rings is 1. The molecule has 0 N–H and O–H groups in total. The zero-order valence-electron chi connectivity index (χ0n) is 10.5. The summed E-state index contributed by atoms with van der Waals surface area (Å²) in [5.41, 5.74) is -0.194. The normalized spacial score (nSPS) is 28.3. The molecule has 3 rings (SSSR count). The van der Waals surface area contributed by atoms with E-state index in [1.165, 1.54) is 12.1 Å². The minimum atomic E-state index is -0.928. The van der Waals surface area contributed by atoms with Gasteiger partial charge in [-0.25, -0.2) is 9.80 Å². The number of methoxy groups -OCH3 is 1. The molecule has 2 amide bonds. The summed E-state index contributed by atoms with van der Waals surface area (Å²) in [4.78, 5) is 36.0. The van der Waals surface area contributed by atoms with Gasteiger partial charge in [0.05, 0.1) is 24.8 Å². The van der Waals surface area contributed by atoms with Gasteiger partial charge in [-0.3, -0.25) is 9.59 Å². The van der Waals surface area contributed by atoms with Crippen molar-refractivity contribution in [1.82, 2.24) is 10.0 Å². The fourth-order valence-corrected chi connectivity index (χ4v) is 2.33.